The molecule has 1 atom stereocenters. The monoisotopic (exact) mass is 431 g/mol. The summed E-state index contributed by atoms with van der Waals surface area (Å²) in [5, 5.41) is 5.46. The Morgan fingerprint density at radius 2 is 1.38 bits per heavy atom. The van der Waals surface area contributed by atoms with E-state index in [4.69, 9.17) is 10.5 Å². The maximum Gasteiger partial charge on any atom is 0.408 e. The van der Waals surface area contributed by atoms with Crippen molar-refractivity contribution in [3.05, 3.63) is 102 Å². The predicted octanol–water partition coefficient (Wildman–Crippen LogP) is 3.19. The van der Waals surface area contributed by atoms with Crippen LogP contribution in [0.25, 0.3) is 0 Å². The number of alkyl carbamates (subject to hydrolysis) is 1. The van der Waals surface area contributed by atoms with E-state index in [0.717, 1.165) is 16.7 Å². The second kappa shape index (κ2) is 11.3. The highest BCUT2D eigenvalue weighted by atomic mass is 16.5. The Morgan fingerprint density at radius 3 is 1.97 bits per heavy atom. The van der Waals surface area contributed by atoms with Gasteiger partial charge in [-0.2, -0.15) is 0 Å². The number of amides is 3. The Hall–Kier alpha value is -4.13. The summed E-state index contributed by atoms with van der Waals surface area (Å²) < 4.78 is 5.28. The molecule has 0 aliphatic rings. The Kier molecular flexibility index (Phi) is 7.97. The summed E-state index contributed by atoms with van der Waals surface area (Å²) in [5.41, 5.74) is 8.24. The lowest BCUT2D eigenvalue weighted by Gasteiger charge is -2.19. The van der Waals surface area contributed by atoms with Crippen molar-refractivity contribution in [2.75, 3.05) is 5.32 Å². The van der Waals surface area contributed by atoms with E-state index in [9.17, 15) is 14.4 Å². The van der Waals surface area contributed by atoms with E-state index in [1.54, 1.807) is 24.3 Å². The highest BCUT2D eigenvalue weighted by Gasteiger charge is 2.22. The molecule has 0 aromatic heterocycles. The second-order valence-corrected chi connectivity index (χ2v) is 7.28. The third-order valence-electron chi connectivity index (χ3n) is 4.70. The van der Waals surface area contributed by atoms with Crippen LogP contribution in [-0.4, -0.2) is 23.9 Å². The lowest BCUT2D eigenvalue weighted by Crippen LogP contribution is -2.45. The van der Waals surface area contributed by atoms with Crippen LogP contribution < -0.4 is 16.4 Å². The minimum atomic E-state index is -0.842. The van der Waals surface area contributed by atoms with Gasteiger partial charge in [0.15, 0.2) is 0 Å². The van der Waals surface area contributed by atoms with Gasteiger partial charge in [0, 0.05) is 12.1 Å². The average Bonchev–Trinajstić information content (AvgIpc) is 2.79. The molecule has 7 heteroatoms. The number of carbonyl (C=O) groups is 3. The maximum absolute atomic E-state index is 12.9. The fourth-order valence-corrected chi connectivity index (χ4v) is 3.10. The highest BCUT2D eigenvalue weighted by molar-refractivity contribution is 5.96. The minimum absolute atomic E-state index is 0.105. The first-order valence-corrected chi connectivity index (χ1v) is 10.2. The molecule has 0 saturated carbocycles. The molecule has 3 amide bonds. The van der Waals surface area contributed by atoms with Gasteiger partial charge in [-0.25, -0.2) is 4.79 Å². The quantitative estimate of drug-likeness (QED) is 0.483. The van der Waals surface area contributed by atoms with E-state index in [0.29, 0.717) is 12.1 Å². The first-order valence-electron chi connectivity index (χ1n) is 10.2. The van der Waals surface area contributed by atoms with Gasteiger partial charge in [0.1, 0.15) is 12.6 Å². The van der Waals surface area contributed by atoms with Crippen LogP contribution in [0.4, 0.5) is 10.5 Å². The van der Waals surface area contributed by atoms with Crippen molar-refractivity contribution in [3.8, 4) is 0 Å². The van der Waals surface area contributed by atoms with E-state index in [1.165, 1.54) is 0 Å². The van der Waals surface area contributed by atoms with Crippen molar-refractivity contribution in [2.24, 2.45) is 5.73 Å². The Morgan fingerprint density at radius 1 is 0.781 bits per heavy atom. The smallest absolute Gasteiger partial charge is 0.408 e. The van der Waals surface area contributed by atoms with Crippen LogP contribution in [0.3, 0.4) is 0 Å². The summed E-state index contributed by atoms with van der Waals surface area (Å²) >= 11 is 0. The number of hydrogen-bond acceptors (Lipinski definition) is 4. The maximum atomic E-state index is 12.9. The van der Waals surface area contributed by atoms with Crippen LogP contribution >= 0.6 is 0 Å². The van der Waals surface area contributed by atoms with E-state index in [1.807, 2.05) is 60.7 Å². The molecule has 0 heterocycles. The van der Waals surface area contributed by atoms with E-state index in [2.05, 4.69) is 10.6 Å². The van der Waals surface area contributed by atoms with Gasteiger partial charge < -0.3 is 21.1 Å². The summed E-state index contributed by atoms with van der Waals surface area (Å²) in [7, 11) is 0. The lowest BCUT2D eigenvalue weighted by molar-refractivity contribution is -0.118. The summed E-state index contributed by atoms with van der Waals surface area (Å²) in [6.07, 6.45) is -0.256. The number of nitrogens with one attached hydrogen (secondary N) is 2. The first-order chi connectivity index (χ1) is 15.5. The van der Waals surface area contributed by atoms with Crippen LogP contribution in [0.15, 0.2) is 84.9 Å². The van der Waals surface area contributed by atoms with Crippen LogP contribution in [0, 0.1) is 0 Å². The Bertz CT molecular complexity index is 1040. The standard InChI is InChI=1S/C25H25N3O4/c26-23(29)16-19-11-13-21(14-12-19)27-24(30)22(15-18-7-3-1-4-8-18)28-25(31)32-17-20-9-5-2-6-10-20/h1-14,22H,15-17H2,(H2,26,29)(H,27,30)(H,28,31). The zero-order valence-corrected chi connectivity index (χ0v) is 17.5. The van der Waals surface area contributed by atoms with E-state index in [-0.39, 0.29) is 18.9 Å². The number of benzene rings is 3. The fraction of sp³-hybridized carbons (Fsp3) is 0.160. The molecule has 0 saturated heterocycles. The van der Waals surface area contributed by atoms with Crippen LogP contribution in [0.2, 0.25) is 0 Å². The minimum Gasteiger partial charge on any atom is -0.445 e. The summed E-state index contributed by atoms with van der Waals surface area (Å²) in [4.78, 5) is 36.3. The average molecular weight is 431 g/mol. The third kappa shape index (κ3) is 7.28. The largest absolute Gasteiger partial charge is 0.445 e. The van der Waals surface area contributed by atoms with Gasteiger partial charge in [-0.05, 0) is 28.8 Å². The molecule has 7 nitrogen and oxygen atoms in total. The molecule has 1 unspecified atom stereocenters. The SMILES string of the molecule is NC(=O)Cc1ccc(NC(=O)C(Cc2ccccc2)NC(=O)OCc2ccccc2)cc1. The topological polar surface area (TPSA) is 111 Å². The number of rotatable bonds is 9. The molecule has 0 fully saturated rings. The molecule has 3 aromatic rings. The molecule has 0 bridgehead atoms. The van der Waals surface area contributed by atoms with Crippen LogP contribution in [0.1, 0.15) is 16.7 Å². The van der Waals surface area contributed by atoms with Crippen molar-refractivity contribution in [3.63, 3.8) is 0 Å². The van der Waals surface area contributed by atoms with Crippen molar-refractivity contribution in [1.82, 2.24) is 5.32 Å². The normalized spacial score (nSPS) is 11.2. The second-order valence-electron chi connectivity index (χ2n) is 7.28. The number of nitrogens with two attached hydrogens (primary N) is 1. The highest BCUT2D eigenvalue weighted by Crippen LogP contribution is 2.12. The summed E-state index contributed by atoms with van der Waals surface area (Å²) in [5.74, 6) is -0.809. The van der Waals surface area contributed by atoms with Gasteiger partial charge in [-0.3, -0.25) is 9.59 Å². The van der Waals surface area contributed by atoms with E-state index >= 15 is 0 Å². The van der Waals surface area contributed by atoms with Crippen molar-refractivity contribution in [2.45, 2.75) is 25.5 Å². The number of primary amides is 1. The summed E-state index contributed by atoms with van der Waals surface area (Å²) in [6, 6.07) is 24.6. The van der Waals surface area contributed by atoms with Gasteiger partial charge >= 0.3 is 6.09 Å². The zero-order valence-electron chi connectivity index (χ0n) is 17.5. The number of hydrogen-bond donors (Lipinski definition) is 3. The van der Waals surface area contributed by atoms with Crippen molar-refractivity contribution in [1.29, 1.82) is 0 Å². The molecule has 0 spiro atoms. The molecule has 3 aromatic carbocycles. The molecular weight excluding hydrogens is 406 g/mol. The van der Waals surface area contributed by atoms with Crippen molar-refractivity contribution >= 4 is 23.6 Å². The van der Waals surface area contributed by atoms with Gasteiger partial charge in [-0.15, -0.1) is 0 Å². The molecule has 0 aliphatic heterocycles. The first kappa shape index (κ1) is 22.6. The number of ether oxygens (including phenoxy) is 1. The molecule has 3 rings (SSSR count). The lowest BCUT2D eigenvalue weighted by atomic mass is 10.1. The molecule has 0 radical (unpaired) electrons. The molecule has 32 heavy (non-hydrogen) atoms. The van der Waals surface area contributed by atoms with Crippen LogP contribution in [-0.2, 0) is 33.8 Å². The molecule has 0 aliphatic carbocycles. The van der Waals surface area contributed by atoms with Gasteiger partial charge in [0.25, 0.3) is 0 Å². The van der Waals surface area contributed by atoms with Gasteiger partial charge in [0.05, 0.1) is 6.42 Å². The van der Waals surface area contributed by atoms with Crippen LogP contribution in [0.5, 0.6) is 0 Å². The molecule has 4 N–H and O–H groups in total. The van der Waals surface area contributed by atoms with Gasteiger partial charge in [-0.1, -0.05) is 72.8 Å². The number of anilines is 1. The Balaban J connectivity index is 1.65. The number of carbonyl (C=O) groups excluding carboxylic acids is 3. The summed E-state index contributed by atoms with van der Waals surface area (Å²) in [6.45, 7) is 0.105. The van der Waals surface area contributed by atoms with Gasteiger partial charge in [0.2, 0.25) is 11.8 Å². The van der Waals surface area contributed by atoms with Crippen molar-refractivity contribution < 1.29 is 19.1 Å². The molecule has 164 valence electrons. The fourth-order valence-electron chi connectivity index (χ4n) is 3.10. The predicted molar refractivity (Wildman–Crippen MR) is 122 cm³/mol. The Labute approximate surface area is 186 Å². The van der Waals surface area contributed by atoms with E-state index < -0.39 is 18.0 Å². The molecular formula is C25H25N3O4. The third-order valence-corrected chi connectivity index (χ3v) is 4.70. The zero-order chi connectivity index (χ0) is 22.8.